The molecule has 2 fully saturated rings. The molecular formula is C9H10Br2ClNO5S. The first-order chi connectivity index (χ1) is 8.57. The predicted molar refractivity (Wildman–Crippen MR) is 75.1 cm³/mol. The van der Waals surface area contributed by atoms with Gasteiger partial charge in [0.05, 0.1) is 7.11 Å². The number of fused-ring (bicyclic) bond motifs is 1. The second-order valence-corrected chi connectivity index (χ2v) is 10.9. The van der Waals surface area contributed by atoms with E-state index in [9.17, 15) is 18.0 Å². The topological polar surface area (TPSA) is 80.8 Å². The first-order valence-corrected chi connectivity index (χ1v) is 8.82. The van der Waals surface area contributed by atoms with E-state index in [1.807, 2.05) is 0 Å². The number of β-lactam (4-membered cyclic amide) rings is 1. The maximum Gasteiger partial charge on any atom is 0.330 e. The zero-order valence-electron chi connectivity index (χ0n) is 9.89. The first-order valence-electron chi connectivity index (χ1n) is 5.15. The highest BCUT2D eigenvalue weighted by atomic mass is 79.9. The van der Waals surface area contributed by atoms with E-state index >= 15 is 0 Å². The fourth-order valence-corrected chi connectivity index (χ4v) is 7.54. The van der Waals surface area contributed by atoms with Gasteiger partial charge in [0.2, 0.25) is 0 Å². The number of hydrogen-bond donors (Lipinski definition) is 0. The molecule has 0 aromatic rings. The van der Waals surface area contributed by atoms with Gasteiger partial charge in [-0.25, -0.2) is 13.2 Å². The smallest absolute Gasteiger partial charge is 0.330 e. The zero-order chi connectivity index (χ0) is 14.8. The van der Waals surface area contributed by atoms with Crippen LogP contribution in [0, 0.1) is 0 Å². The Labute approximate surface area is 132 Å². The molecule has 0 saturated carbocycles. The number of halogens is 3. The number of ether oxygens (including phenoxy) is 1. The molecule has 2 rings (SSSR count). The number of sulfone groups is 1. The Morgan fingerprint density at radius 2 is 2.05 bits per heavy atom. The zero-order valence-corrected chi connectivity index (χ0v) is 14.6. The number of carbonyl (C=O) groups is 2. The Hall–Kier alpha value is 0.140. The van der Waals surface area contributed by atoms with E-state index < -0.39 is 41.1 Å². The van der Waals surface area contributed by atoms with Crippen molar-refractivity contribution >= 4 is 65.2 Å². The van der Waals surface area contributed by atoms with Gasteiger partial charge >= 0.3 is 5.97 Å². The Morgan fingerprint density at radius 1 is 1.53 bits per heavy atom. The number of hydrogen-bond acceptors (Lipinski definition) is 5. The van der Waals surface area contributed by atoms with Gasteiger partial charge in [-0.15, -0.1) is 11.6 Å². The lowest BCUT2D eigenvalue weighted by molar-refractivity contribution is -0.159. The van der Waals surface area contributed by atoms with Crippen molar-refractivity contribution in [2.24, 2.45) is 0 Å². The van der Waals surface area contributed by atoms with Gasteiger partial charge in [0, 0.05) is 5.88 Å². The van der Waals surface area contributed by atoms with Crippen LogP contribution in [0.4, 0.5) is 0 Å². The average Bonchev–Trinajstić information content (AvgIpc) is 2.52. The third kappa shape index (κ3) is 1.61. The second kappa shape index (κ2) is 4.32. The number of rotatable bonds is 2. The molecule has 19 heavy (non-hydrogen) atoms. The van der Waals surface area contributed by atoms with Gasteiger partial charge in [-0.05, 0) is 6.92 Å². The second-order valence-electron chi connectivity index (χ2n) is 4.60. The van der Waals surface area contributed by atoms with Gasteiger partial charge in [0.15, 0.2) is 24.5 Å². The van der Waals surface area contributed by atoms with E-state index in [4.69, 9.17) is 11.6 Å². The number of carbonyl (C=O) groups excluding carboxylic acids is 2. The molecule has 0 aromatic heterocycles. The summed E-state index contributed by atoms with van der Waals surface area (Å²) in [7, 11) is -2.71. The van der Waals surface area contributed by atoms with Crippen LogP contribution in [0.2, 0.25) is 0 Å². The van der Waals surface area contributed by atoms with Gasteiger partial charge in [-0.3, -0.25) is 4.79 Å². The molecule has 0 aliphatic carbocycles. The van der Waals surface area contributed by atoms with Crippen molar-refractivity contribution in [1.82, 2.24) is 4.90 Å². The molecule has 2 heterocycles. The highest BCUT2D eigenvalue weighted by Gasteiger charge is 2.78. The van der Waals surface area contributed by atoms with Crippen molar-refractivity contribution in [2.45, 2.75) is 26.3 Å². The maximum absolute atomic E-state index is 12.6. The Kier molecular flexibility index (Phi) is 3.53. The standard InChI is InChI=1S/C9H10Br2ClNO5S/c1-8(3-12)4(5(14)18-2)13-6(15)9(10,11)7(13)19(8,16)17/h4,7H,3H2,1-2H3/t4-,7+,8-/m0/s1. The van der Waals surface area contributed by atoms with Crippen molar-refractivity contribution in [3.8, 4) is 0 Å². The molecule has 2 saturated heterocycles. The molecule has 2 aliphatic heterocycles. The molecule has 10 heteroatoms. The van der Waals surface area contributed by atoms with Crippen LogP contribution in [0.25, 0.3) is 0 Å². The van der Waals surface area contributed by atoms with E-state index in [0.29, 0.717) is 0 Å². The van der Waals surface area contributed by atoms with Crippen LogP contribution < -0.4 is 0 Å². The summed E-state index contributed by atoms with van der Waals surface area (Å²) in [6.45, 7) is 1.35. The summed E-state index contributed by atoms with van der Waals surface area (Å²) in [5.74, 6) is -1.64. The third-order valence-corrected chi connectivity index (χ3v) is 9.27. The van der Waals surface area contributed by atoms with Gasteiger partial charge in [0.25, 0.3) is 5.91 Å². The number of amides is 1. The molecule has 3 atom stereocenters. The van der Waals surface area contributed by atoms with E-state index in [2.05, 4.69) is 36.6 Å². The predicted octanol–water partition coefficient (Wildman–Crippen LogP) is 0.608. The average molecular weight is 440 g/mol. The van der Waals surface area contributed by atoms with Crippen molar-refractivity contribution in [3.63, 3.8) is 0 Å². The molecule has 2 aliphatic rings. The van der Waals surface area contributed by atoms with Crippen molar-refractivity contribution in [1.29, 1.82) is 0 Å². The minimum absolute atomic E-state index is 0.314. The van der Waals surface area contributed by atoms with Gasteiger partial charge in [-0.1, -0.05) is 31.9 Å². The lowest BCUT2D eigenvalue weighted by Crippen LogP contribution is -2.69. The van der Waals surface area contributed by atoms with Crippen LogP contribution in [0.1, 0.15) is 6.92 Å². The van der Waals surface area contributed by atoms with Crippen molar-refractivity contribution < 1.29 is 22.7 Å². The molecule has 0 spiro atoms. The highest BCUT2D eigenvalue weighted by molar-refractivity contribution is 9.26. The summed E-state index contributed by atoms with van der Waals surface area (Å²) >= 11 is 11.9. The summed E-state index contributed by atoms with van der Waals surface area (Å²) in [5.41, 5.74) is 0. The van der Waals surface area contributed by atoms with Crippen molar-refractivity contribution in [2.75, 3.05) is 13.0 Å². The summed E-state index contributed by atoms with van der Waals surface area (Å²) in [5, 5.41) is -1.18. The molecule has 6 nitrogen and oxygen atoms in total. The molecule has 0 aromatic carbocycles. The Balaban J connectivity index is 2.64. The molecule has 0 unspecified atom stereocenters. The van der Waals surface area contributed by atoms with Crippen LogP contribution in [0.15, 0.2) is 0 Å². The quantitative estimate of drug-likeness (QED) is 0.358. The summed E-state index contributed by atoms with van der Waals surface area (Å²) in [4.78, 5) is 24.9. The number of alkyl halides is 3. The normalized spacial score (nSPS) is 38.6. The Bertz CT molecular complexity index is 565. The van der Waals surface area contributed by atoms with Crippen molar-refractivity contribution in [3.05, 3.63) is 0 Å². The molecular weight excluding hydrogens is 429 g/mol. The Morgan fingerprint density at radius 3 is 2.47 bits per heavy atom. The lowest BCUT2D eigenvalue weighted by Gasteiger charge is -2.45. The molecule has 108 valence electrons. The van der Waals surface area contributed by atoms with E-state index in [-0.39, 0.29) is 5.88 Å². The summed E-state index contributed by atoms with van der Waals surface area (Å²) < 4.78 is 26.7. The SMILES string of the molecule is COC(=O)[C@@H]1N2C(=O)C(Br)(Br)[C@H]2S(=O)(=O)[C@@]1(C)CCl. The molecule has 0 bridgehead atoms. The summed E-state index contributed by atoms with van der Waals surface area (Å²) in [6, 6.07) is -1.24. The van der Waals surface area contributed by atoms with Crippen LogP contribution in [-0.2, 0) is 24.2 Å². The third-order valence-electron chi connectivity index (χ3n) is 3.57. The summed E-state index contributed by atoms with van der Waals surface area (Å²) in [6.07, 6.45) is 0. The fourth-order valence-electron chi connectivity index (χ4n) is 2.42. The number of nitrogens with zero attached hydrogens (tertiary/aromatic N) is 1. The van der Waals surface area contributed by atoms with Crippen LogP contribution in [-0.4, -0.2) is 57.6 Å². The van der Waals surface area contributed by atoms with Gasteiger partial charge in [0.1, 0.15) is 4.75 Å². The minimum atomic E-state index is -3.84. The highest BCUT2D eigenvalue weighted by Crippen LogP contribution is 2.57. The van der Waals surface area contributed by atoms with Crippen LogP contribution in [0.3, 0.4) is 0 Å². The number of methoxy groups -OCH3 is 1. The largest absolute Gasteiger partial charge is 0.467 e. The number of esters is 1. The fraction of sp³-hybridized carbons (Fsp3) is 0.778. The minimum Gasteiger partial charge on any atom is -0.467 e. The molecule has 0 radical (unpaired) electrons. The maximum atomic E-state index is 12.6. The van der Waals surface area contributed by atoms with E-state index in [1.54, 1.807) is 0 Å². The first kappa shape index (κ1) is 15.5. The molecule has 1 amide bonds. The van der Waals surface area contributed by atoms with E-state index in [1.165, 1.54) is 6.92 Å². The monoisotopic (exact) mass is 437 g/mol. The van der Waals surface area contributed by atoms with Crippen LogP contribution in [0.5, 0.6) is 0 Å². The lowest BCUT2D eigenvalue weighted by atomic mass is 9.98. The van der Waals surface area contributed by atoms with E-state index in [0.717, 1.165) is 12.0 Å². The molecule has 0 N–H and O–H groups in total. The van der Waals surface area contributed by atoms with Gasteiger partial charge < -0.3 is 9.64 Å². The van der Waals surface area contributed by atoms with Crippen LogP contribution >= 0.6 is 43.5 Å². The van der Waals surface area contributed by atoms with Gasteiger partial charge in [-0.2, -0.15) is 0 Å².